The number of nitriles is 1. The number of aliphatic imine (C=N–C) groups is 2. The van der Waals surface area contributed by atoms with Crippen molar-refractivity contribution >= 4 is 34.3 Å². The van der Waals surface area contributed by atoms with Crippen molar-refractivity contribution in [3.63, 3.8) is 0 Å². The lowest BCUT2D eigenvalue weighted by Crippen LogP contribution is -2.37. The van der Waals surface area contributed by atoms with Crippen molar-refractivity contribution in [1.82, 2.24) is 20.9 Å². The molecule has 0 radical (unpaired) electrons. The van der Waals surface area contributed by atoms with E-state index in [1.54, 1.807) is 14.0 Å². The summed E-state index contributed by atoms with van der Waals surface area (Å²) in [5.41, 5.74) is 6.45. The number of nitrogens with two attached hydrogens (primary N) is 1. The fourth-order valence-corrected chi connectivity index (χ4v) is 2.56. The molecule has 0 aliphatic rings. The van der Waals surface area contributed by atoms with E-state index in [0.29, 0.717) is 17.5 Å². The second-order valence-electron chi connectivity index (χ2n) is 4.75. The molecule has 24 heavy (non-hydrogen) atoms. The fourth-order valence-electron chi connectivity index (χ4n) is 1.81. The molecule has 0 aliphatic heterocycles. The van der Waals surface area contributed by atoms with Crippen molar-refractivity contribution in [2.24, 2.45) is 15.7 Å². The molecule has 1 amide bonds. The number of thiazole rings is 1. The van der Waals surface area contributed by atoms with E-state index in [-0.39, 0.29) is 17.9 Å². The van der Waals surface area contributed by atoms with Gasteiger partial charge in [-0.25, -0.2) is 4.98 Å². The van der Waals surface area contributed by atoms with Crippen molar-refractivity contribution in [2.75, 3.05) is 7.05 Å². The van der Waals surface area contributed by atoms with Gasteiger partial charge in [0.05, 0.1) is 11.7 Å². The number of guanidine groups is 2. The Balaban J connectivity index is 2.87. The molecule has 1 aromatic heterocycles. The molecule has 0 aliphatic carbocycles. The van der Waals surface area contributed by atoms with Crippen molar-refractivity contribution in [2.45, 2.75) is 39.2 Å². The third kappa shape index (κ3) is 6.21. The van der Waals surface area contributed by atoms with Crippen molar-refractivity contribution in [1.29, 1.82) is 5.26 Å². The van der Waals surface area contributed by atoms with E-state index in [2.05, 4.69) is 37.8 Å². The van der Waals surface area contributed by atoms with Gasteiger partial charge in [-0.3, -0.25) is 20.4 Å². The Morgan fingerprint density at radius 3 is 2.88 bits per heavy atom. The molecule has 9 nitrogen and oxygen atoms in total. The van der Waals surface area contributed by atoms with Crippen molar-refractivity contribution < 1.29 is 4.79 Å². The molecule has 130 valence electrons. The number of rotatable bonds is 6. The van der Waals surface area contributed by atoms with Crippen LogP contribution in [0.15, 0.2) is 15.4 Å². The van der Waals surface area contributed by atoms with Crippen LogP contribution in [0.2, 0.25) is 0 Å². The van der Waals surface area contributed by atoms with E-state index in [4.69, 9.17) is 11.0 Å². The van der Waals surface area contributed by atoms with Gasteiger partial charge in [0.25, 0.3) is 0 Å². The first kappa shape index (κ1) is 19.4. The second kappa shape index (κ2) is 10.2. The molecule has 0 saturated carbocycles. The molecule has 1 rings (SSSR count). The highest BCUT2D eigenvalue weighted by molar-refractivity contribution is 7.13. The van der Waals surface area contributed by atoms with E-state index < -0.39 is 0 Å². The first-order valence-electron chi connectivity index (χ1n) is 7.51. The van der Waals surface area contributed by atoms with Gasteiger partial charge in [-0.2, -0.15) is 10.3 Å². The number of carbonyl (C=O) groups is 1. The smallest absolute Gasteiger partial charge is 0.226 e. The van der Waals surface area contributed by atoms with Crippen LogP contribution in [0.5, 0.6) is 0 Å². The normalized spacial score (nSPS) is 13.1. The zero-order valence-corrected chi connectivity index (χ0v) is 14.8. The molecular weight excluding hydrogens is 328 g/mol. The fraction of sp³-hybridized carbons (Fsp3) is 0.500. The predicted octanol–water partition coefficient (Wildman–Crippen LogP) is 1.10. The summed E-state index contributed by atoms with van der Waals surface area (Å²) >= 11 is 1.32. The highest BCUT2D eigenvalue weighted by Gasteiger charge is 2.16. The summed E-state index contributed by atoms with van der Waals surface area (Å²) in [6.07, 6.45) is 3.89. The number of amides is 1. The molecule has 1 unspecified atom stereocenters. The maximum Gasteiger partial charge on any atom is 0.226 e. The van der Waals surface area contributed by atoms with Crippen LogP contribution >= 0.6 is 11.3 Å². The Hall–Kier alpha value is -2.67. The summed E-state index contributed by atoms with van der Waals surface area (Å²) in [6.45, 7) is 3.78. The Labute approximate surface area is 145 Å². The first-order chi connectivity index (χ1) is 11.5. The summed E-state index contributed by atoms with van der Waals surface area (Å²) in [7, 11) is 1.59. The quantitative estimate of drug-likeness (QED) is 0.262. The van der Waals surface area contributed by atoms with Gasteiger partial charge in [0.15, 0.2) is 6.19 Å². The van der Waals surface area contributed by atoms with Crippen molar-refractivity contribution in [3.8, 4) is 6.19 Å². The largest absolute Gasteiger partial charge is 0.369 e. The number of nitrogens with zero attached hydrogens (tertiary/aromatic N) is 4. The molecule has 0 spiro atoms. The van der Waals surface area contributed by atoms with Gasteiger partial charge in [-0.1, -0.05) is 20.3 Å². The molecule has 1 aromatic rings. The first-order valence-corrected chi connectivity index (χ1v) is 8.39. The molecule has 0 saturated heterocycles. The number of aromatic nitrogens is 1. The van der Waals surface area contributed by atoms with Gasteiger partial charge in [0.1, 0.15) is 0 Å². The van der Waals surface area contributed by atoms with E-state index in [0.717, 1.165) is 18.5 Å². The van der Waals surface area contributed by atoms with Crippen LogP contribution in [0, 0.1) is 11.5 Å². The molecular formula is C14H22N8OS. The van der Waals surface area contributed by atoms with Crippen LogP contribution in [-0.2, 0) is 4.79 Å². The Kier molecular flexibility index (Phi) is 8.21. The standard InChI is InChI=1S/C14H22N8OS/c1-4-6-9(19-13(17-3)18-8-15)10-7-24-14(20-10)22-12(16)21-11(23)5-2/h7,9H,4-6H2,1-3H3,(H2,17,18,19)(H3,16,20,21,22,23). The van der Waals surface area contributed by atoms with E-state index in [9.17, 15) is 4.79 Å². The monoisotopic (exact) mass is 350 g/mol. The third-order valence-electron chi connectivity index (χ3n) is 2.96. The summed E-state index contributed by atoms with van der Waals surface area (Å²) in [5, 5.41) is 19.1. The van der Waals surface area contributed by atoms with Crippen molar-refractivity contribution in [3.05, 3.63) is 11.1 Å². The van der Waals surface area contributed by atoms with E-state index in [1.165, 1.54) is 11.3 Å². The molecule has 1 heterocycles. The van der Waals surface area contributed by atoms with Gasteiger partial charge in [-0.05, 0) is 6.42 Å². The Morgan fingerprint density at radius 2 is 2.29 bits per heavy atom. The number of hydrogen-bond donors (Lipinski definition) is 4. The lowest BCUT2D eigenvalue weighted by atomic mass is 10.1. The van der Waals surface area contributed by atoms with Gasteiger partial charge in [0, 0.05) is 18.8 Å². The average molecular weight is 350 g/mol. The number of nitrogens with one attached hydrogen (secondary N) is 3. The molecule has 0 aromatic carbocycles. The molecule has 10 heteroatoms. The average Bonchev–Trinajstić information content (AvgIpc) is 3.01. The summed E-state index contributed by atoms with van der Waals surface area (Å²) in [6, 6.07) is -0.110. The van der Waals surface area contributed by atoms with E-state index in [1.807, 2.05) is 11.6 Å². The van der Waals surface area contributed by atoms with E-state index >= 15 is 0 Å². The summed E-state index contributed by atoms with van der Waals surface area (Å²) in [4.78, 5) is 23.8. The molecule has 5 N–H and O–H groups in total. The summed E-state index contributed by atoms with van der Waals surface area (Å²) in [5.74, 6) is 0.193. The van der Waals surface area contributed by atoms with Gasteiger partial charge < -0.3 is 11.1 Å². The van der Waals surface area contributed by atoms with Crippen LogP contribution in [0.1, 0.15) is 44.8 Å². The lowest BCUT2D eigenvalue weighted by Gasteiger charge is -2.17. The highest BCUT2D eigenvalue weighted by atomic mass is 32.1. The van der Waals surface area contributed by atoms with Gasteiger partial charge in [0.2, 0.25) is 23.0 Å². The topological polar surface area (TPSA) is 141 Å². The van der Waals surface area contributed by atoms with Crippen LogP contribution in [0.3, 0.4) is 0 Å². The zero-order valence-electron chi connectivity index (χ0n) is 14.0. The van der Waals surface area contributed by atoms with Gasteiger partial charge >= 0.3 is 0 Å². The van der Waals surface area contributed by atoms with Crippen LogP contribution in [0.4, 0.5) is 5.13 Å². The minimum Gasteiger partial charge on any atom is -0.369 e. The lowest BCUT2D eigenvalue weighted by molar-refractivity contribution is -0.119. The highest BCUT2D eigenvalue weighted by Crippen LogP contribution is 2.25. The van der Waals surface area contributed by atoms with Crippen LogP contribution in [0.25, 0.3) is 0 Å². The third-order valence-corrected chi connectivity index (χ3v) is 3.71. The SMILES string of the molecule is CCCC(NC(=NC)NC#N)c1csc(/N=C(/N)NC(=O)CC)n1. The minimum atomic E-state index is -0.204. The predicted molar refractivity (Wildman–Crippen MR) is 94.7 cm³/mol. The number of carbonyl (C=O) groups excluding carboxylic acids is 1. The molecule has 0 fully saturated rings. The molecule has 0 bridgehead atoms. The second-order valence-corrected chi connectivity index (χ2v) is 5.58. The van der Waals surface area contributed by atoms with Crippen LogP contribution < -0.4 is 21.7 Å². The van der Waals surface area contributed by atoms with Crippen LogP contribution in [-0.4, -0.2) is 29.9 Å². The maximum atomic E-state index is 11.3. The van der Waals surface area contributed by atoms with Gasteiger partial charge in [-0.15, -0.1) is 11.3 Å². The molecule has 1 atom stereocenters. The minimum absolute atomic E-state index is 0.0182. The Bertz CT molecular complexity index is 645. The summed E-state index contributed by atoms with van der Waals surface area (Å²) < 4.78 is 0. The Morgan fingerprint density at radius 1 is 1.54 bits per heavy atom. The maximum absolute atomic E-state index is 11.3. The zero-order chi connectivity index (χ0) is 17.9. The number of hydrogen-bond acceptors (Lipinski definition) is 6.